The summed E-state index contributed by atoms with van der Waals surface area (Å²) in [5.41, 5.74) is 0.239. The number of aromatic nitrogens is 3. The molecule has 0 saturated carbocycles. The van der Waals surface area contributed by atoms with E-state index in [0.717, 1.165) is 4.90 Å². The van der Waals surface area contributed by atoms with Gasteiger partial charge in [0.15, 0.2) is 5.54 Å². The number of carbonyl (C=O) groups is 3. The molecule has 3 aromatic rings. The molecule has 3 heterocycles. The SMILES string of the molecule is O=C(CN1C(=O)NC2(CCOc3ccccc32)C1=O)Nc1cc(Cl)ccc1-n1cncn1. The molecule has 5 rings (SSSR count). The molecule has 4 amide bonds. The van der Waals surface area contributed by atoms with E-state index < -0.39 is 29.9 Å². The second-order valence-corrected chi connectivity index (χ2v) is 7.81. The number of imide groups is 1. The molecular weight excluding hydrogens is 436 g/mol. The number of nitrogens with zero attached hydrogens (tertiary/aromatic N) is 4. The molecule has 11 heteroatoms. The van der Waals surface area contributed by atoms with Gasteiger partial charge in [-0.15, -0.1) is 0 Å². The summed E-state index contributed by atoms with van der Waals surface area (Å²) in [6.45, 7) is -0.189. The van der Waals surface area contributed by atoms with Gasteiger partial charge in [0.05, 0.1) is 18.0 Å². The van der Waals surface area contributed by atoms with Gasteiger partial charge in [-0.1, -0.05) is 29.8 Å². The first-order valence-electron chi connectivity index (χ1n) is 9.79. The van der Waals surface area contributed by atoms with E-state index >= 15 is 0 Å². The van der Waals surface area contributed by atoms with Crippen LogP contribution >= 0.6 is 11.6 Å². The zero-order valence-corrected chi connectivity index (χ0v) is 17.4. The van der Waals surface area contributed by atoms with Crippen molar-refractivity contribution in [2.45, 2.75) is 12.0 Å². The average molecular weight is 453 g/mol. The summed E-state index contributed by atoms with van der Waals surface area (Å²) in [4.78, 5) is 43.6. The highest BCUT2D eigenvalue weighted by atomic mass is 35.5. The maximum Gasteiger partial charge on any atom is 0.325 e. The van der Waals surface area contributed by atoms with Crippen molar-refractivity contribution in [1.82, 2.24) is 25.0 Å². The van der Waals surface area contributed by atoms with Crippen molar-refractivity contribution < 1.29 is 19.1 Å². The number of hydrogen-bond acceptors (Lipinski definition) is 6. The lowest BCUT2D eigenvalue weighted by Gasteiger charge is -2.33. The van der Waals surface area contributed by atoms with Gasteiger partial charge in [0.2, 0.25) is 5.91 Å². The molecule has 2 N–H and O–H groups in total. The first kappa shape index (κ1) is 20.0. The van der Waals surface area contributed by atoms with Gasteiger partial charge in [-0.25, -0.2) is 14.5 Å². The first-order chi connectivity index (χ1) is 15.5. The summed E-state index contributed by atoms with van der Waals surface area (Å²) in [5, 5.41) is 9.94. The Hall–Kier alpha value is -3.92. The van der Waals surface area contributed by atoms with Gasteiger partial charge >= 0.3 is 6.03 Å². The van der Waals surface area contributed by atoms with E-state index in [-0.39, 0.29) is 13.0 Å². The number of rotatable bonds is 4. The van der Waals surface area contributed by atoms with Crippen molar-refractivity contribution in [2.75, 3.05) is 18.5 Å². The van der Waals surface area contributed by atoms with Gasteiger partial charge < -0.3 is 15.4 Å². The summed E-state index contributed by atoms with van der Waals surface area (Å²) in [6.07, 6.45) is 3.11. The lowest BCUT2D eigenvalue weighted by Crippen LogP contribution is -2.48. The minimum Gasteiger partial charge on any atom is -0.493 e. The van der Waals surface area contributed by atoms with Crippen LogP contribution in [-0.4, -0.2) is 50.7 Å². The Balaban J connectivity index is 1.38. The summed E-state index contributed by atoms with van der Waals surface area (Å²) in [7, 11) is 0. The lowest BCUT2D eigenvalue weighted by atomic mass is 9.84. The minimum atomic E-state index is -1.24. The van der Waals surface area contributed by atoms with Crippen LogP contribution in [0.5, 0.6) is 5.75 Å². The van der Waals surface area contributed by atoms with Gasteiger partial charge in [0.1, 0.15) is 24.9 Å². The highest BCUT2D eigenvalue weighted by molar-refractivity contribution is 6.31. The molecule has 1 unspecified atom stereocenters. The third-order valence-corrected chi connectivity index (χ3v) is 5.69. The molecule has 2 aliphatic rings. The average Bonchev–Trinajstić information content (AvgIpc) is 3.38. The number of anilines is 1. The quantitative estimate of drug-likeness (QED) is 0.585. The minimum absolute atomic E-state index is 0.271. The predicted octanol–water partition coefficient (Wildman–Crippen LogP) is 2.09. The Bertz CT molecular complexity index is 1230. The number of halogens is 1. The standard InChI is InChI=1S/C21H17ClN6O4/c22-13-5-6-16(28-12-23-11-24-28)15(9-13)25-18(29)10-27-19(30)21(26-20(27)31)7-8-32-17-4-2-1-3-14(17)21/h1-6,9,11-12H,7-8,10H2,(H,25,29)(H,26,31). The van der Waals surface area contributed by atoms with Crippen molar-refractivity contribution >= 4 is 35.1 Å². The van der Waals surface area contributed by atoms with Gasteiger partial charge in [0, 0.05) is 17.0 Å². The van der Waals surface area contributed by atoms with Crippen LogP contribution in [0.1, 0.15) is 12.0 Å². The molecular formula is C21H17ClN6O4. The molecule has 0 bridgehead atoms. The fraction of sp³-hybridized carbons (Fsp3) is 0.190. The van der Waals surface area contributed by atoms with Crippen LogP contribution in [-0.2, 0) is 15.1 Å². The zero-order chi connectivity index (χ0) is 22.3. The van der Waals surface area contributed by atoms with Crippen molar-refractivity contribution in [2.24, 2.45) is 0 Å². The van der Waals surface area contributed by atoms with Gasteiger partial charge in [-0.05, 0) is 24.3 Å². The maximum atomic E-state index is 13.3. The van der Waals surface area contributed by atoms with E-state index in [1.807, 2.05) is 0 Å². The summed E-state index contributed by atoms with van der Waals surface area (Å²) in [5.74, 6) is -0.513. The largest absolute Gasteiger partial charge is 0.493 e. The number of fused-ring (bicyclic) bond motifs is 2. The number of benzene rings is 2. The fourth-order valence-electron chi connectivity index (χ4n) is 3.99. The second kappa shape index (κ2) is 7.65. The molecule has 1 atom stereocenters. The van der Waals surface area contributed by atoms with Crippen LogP contribution in [0.2, 0.25) is 5.02 Å². The van der Waals surface area contributed by atoms with Crippen molar-refractivity contribution in [3.05, 3.63) is 65.7 Å². The molecule has 162 valence electrons. The molecule has 32 heavy (non-hydrogen) atoms. The number of urea groups is 1. The smallest absolute Gasteiger partial charge is 0.325 e. The third kappa shape index (κ3) is 3.25. The van der Waals surface area contributed by atoms with Crippen LogP contribution in [0, 0.1) is 0 Å². The summed E-state index contributed by atoms with van der Waals surface area (Å²) in [6, 6.07) is 11.3. The van der Waals surface area contributed by atoms with Crippen molar-refractivity contribution in [3.8, 4) is 11.4 Å². The molecule has 1 aromatic heterocycles. The lowest BCUT2D eigenvalue weighted by molar-refractivity contribution is -0.135. The maximum absolute atomic E-state index is 13.3. The zero-order valence-electron chi connectivity index (χ0n) is 16.6. The number of nitrogens with one attached hydrogen (secondary N) is 2. The van der Waals surface area contributed by atoms with Gasteiger partial charge in [-0.3, -0.25) is 14.5 Å². The van der Waals surface area contributed by atoms with Crippen LogP contribution in [0.25, 0.3) is 5.69 Å². The number of ether oxygens (including phenoxy) is 1. The molecule has 0 radical (unpaired) electrons. The number of para-hydroxylation sites is 1. The molecule has 1 fully saturated rings. The molecule has 1 spiro atoms. The number of amides is 4. The summed E-state index contributed by atoms with van der Waals surface area (Å²) < 4.78 is 7.09. The first-order valence-corrected chi connectivity index (χ1v) is 10.2. The van der Waals surface area contributed by atoms with E-state index in [4.69, 9.17) is 16.3 Å². The third-order valence-electron chi connectivity index (χ3n) is 5.46. The normalized spacial score (nSPS) is 19.5. The van der Waals surface area contributed by atoms with Crippen LogP contribution in [0.3, 0.4) is 0 Å². The van der Waals surface area contributed by atoms with E-state index in [9.17, 15) is 14.4 Å². The van der Waals surface area contributed by atoms with E-state index in [1.165, 1.54) is 17.3 Å². The van der Waals surface area contributed by atoms with E-state index in [0.29, 0.717) is 27.7 Å². The molecule has 0 aliphatic carbocycles. The van der Waals surface area contributed by atoms with Crippen LogP contribution in [0.15, 0.2) is 55.1 Å². The molecule has 2 aliphatic heterocycles. The van der Waals surface area contributed by atoms with E-state index in [2.05, 4.69) is 20.7 Å². The number of carbonyl (C=O) groups excluding carboxylic acids is 3. The molecule has 10 nitrogen and oxygen atoms in total. The van der Waals surface area contributed by atoms with Gasteiger partial charge in [-0.2, -0.15) is 5.10 Å². The topological polar surface area (TPSA) is 118 Å². The Morgan fingerprint density at radius 2 is 2.09 bits per heavy atom. The monoisotopic (exact) mass is 452 g/mol. The number of hydrogen-bond donors (Lipinski definition) is 2. The molecule has 2 aromatic carbocycles. The second-order valence-electron chi connectivity index (χ2n) is 7.37. The Morgan fingerprint density at radius 3 is 2.91 bits per heavy atom. The Morgan fingerprint density at radius 1 is 1.25 bits per heavy atom. The predicted molar refractivity (Wildman–Crippen MR) is 113 cm³/mol. The Labute approximate surface area is 187 Å². The van der Waals surface area contributed by atoms with Crippen LogP contribution < -0.4 is 15.4 Å². The molecule has 1 saturated heterocycles. The van der Waals surface area contributed by atoms with Crippen LogP contribution in [0.4, 0.5) is 10.5 Å². The van der Waals surface area contributed by atoms with Crippen molar-refractivity contribution in [1.29, 1.82) is 0 Å². The van der Waals surface area contributed by atoms with Gasteiger partial charge in [0.25, 0.3) is 5.91 Å². The highest BCUT2D eigenvalue weighted by Crippen LogP contribution is 2.40. The van der Waals surface area contributed by atoms with Crippen molar-refractivity contribution in [3.63, 3.8) is 0 Å². The highest BCUT2D eigenvalue weighted by Gasteiger charge is 2.55. The fourth-order valence-corrected chi connectivity index (χ4v) is 4.16. The Kier molecular flexibility index (Phi) is 4.78. The summed E-state index contributed by atoms with van der Waals surface area (Å²) >= 11 is 6.09. The van der Waals surface area contributed by atoms with E-state index in [1.54, 1.807) is 42.5 Å².